The molecule has 0 saturated heterocycles. The van der Waals surface area contributed by atoms with E-state index in [0.29, 0.717) is 23.8 Å². The number of benzene rings is 1. The van der Waals surface area contributed by atoms with Gasteiger partial charge in [-0.15, -0.1) is 0 Å². The van der Waals surface area contributed by atoms with Crippen molar-refractivity contribution in [3.63, 3.8) is 0 Å². The first-order valence-corrected chi connectivity index (χ1v) is 8.24. The van der Waals surface area contributed by atoms with E-state index in [1.807, 2.05) is 41.3 Å². The minimum Gasteiger partial charge on any atom is -0.487 e. The standard InChI is InChI=1S/C19H20N2O2/c22-19-17-10-16(23-13-15-4-2-1-3-5-15)11-20-18(17)8-9-21(19)12-14-6-7-14/h1-5,10-11,14H,6-9,12-13H2. The number of hydrogen-bond acceptors (Lipinski definition) is 3. The Labute approximate surface area is 136 Å². The summed E-state index contributed by atoms with van der Waals surface area (Å²) in [6.45, 7) is 2.17. The first kappa shape index (κ1) is 14.2. The fraction of sp³-hybridized carbons (Fsp3) is 0.368. The molecule has 1 aromatic heterocycles. The third-order valence-corrected chi connectivity index (χ3v) is 4.51. The molecular weight excluding hydrogens is 288 g/mol. The maximum atomic E-state index is 12.6. The van der Waals surface area contributed by atoms with Crippen molar-refractivity contribution in [1.82, 2.24) is 9.88 Å². The minimum atomic E-state index is 0.107. The molecule has 4 rings (SSSR count). The van der Waals surface area contributed by atoms with Crippen LogP contribution in [0.2, 0.25) is 0 Å². The zero-order valence-corrected chi connectivity index (χ0v) is 13.1. The average molecular weight is 308 g/mol. The number of ether oxygens (including phenoxy) is 1. The number of aromatic nitrogens is 1. The molecule has 1 amide bonds. The van der Waals surface area contributed by atoms with Crippen LogP contribution in [0.3, 0.4) is 0 Å². The van der Waals surface area contributed by atoms with Gasteiger partial charge in [0.15, 0.2) is 0 Å². The van der Waals surface area contributed by atoms with Crippen LogP contribution in [0.25, 0.3) is 0 Å². The highest BCUT2D eigenvalue weighted by atomic mass is 16.5. The largest absolute Gasteiger partial charge is 0.487 e. The molecule has 1 aromatic carbocycles. The number of fused-ring (bicyclic) bond motifs is 1. The molecule has 23 heavy (non-hydrogen) atoms. The predicted molar refractivity (Wildman–Crippen MR) is 87.3 cm³/mol. The Hall–Kier alpha value is -2.36. The molecule has 0 N–H and O–H groups in total. The third kappa shape index (κ3) is 3.21. The summed E-state index contributed by atoms with van der Waals surface area (Å²) >= 11 is 0. The number of nitrogens with zero attached hydrogens (tertiary/aromatic N) is 2. The van der Waals surface area contributed by atoms with Crippen LogP contribution in [0.1, 0.15) is 34.5 Å². The van der Waals surface area contributed by atoms with E-state index < -0.39 is 0 Å². The second-order valence-electron chi connectivity index (χ2n) is 6.38. The van der Waals surface area contributed by atoms with Crippen LogP contribution < -0.4 is 4.74 Å². The molecule has 0 atom stereocenters. The summed E-state index contributed by atoms with van der Waals surface area (Å²) < 4.78 is 5.80. The minimum absolute atomic E-state index is 0.107. The van der Waals surface area contributed by atoms with Crippen LogP contribution in [0.5, 0.6) is 5.75 Å². The molecule has 1 aliphatic heterocycles. The van der Waals surface area contributed by atoms with Crippen molar-refractivity contribution in [3.05, 3.63) is 59.4 Å². The van der Waals surface area contributed by atoms with Gasteiger partial charge in [-0.2, -0.15) is 0 Å². The Morgan fingerprint density at radius 2 is 2.04 bits per heavy atom. The maximum absolute atomic E-state index is 12.6. The van der Waals surface area contributed by atoms with Crippen LogP contribution in [-0.2, 0) is 13.0 Å². The normalized spacial score (nSPS) is 17.0. The smallest absolute Gasteiger partial charge is 0.255 e. The van der Waals surface area contributed by atoms with Gasteiger partial charge in [0.25, 0.3) is 5.91 Å². The molecule has 2 heterocycles. The monoisotopic (exact) mass is 308 g/mol. The van der Waals surface area contributed by atoms with Gasteiger partial charge >= 0.3 is 0 Å². The van der Waals surface area contributed by atoms with Gasteiger partial charge in [-0.25, -0.2) is 0 Å². The lowest BCUT2D eigenvalue weighted by atomic mass is 10.0. The molecule has 0 spiro atoms. The molecule has 0 radical (unpaired) electrons. The van der Waals surface area contributed by atoms with Crippen LogP contribution in [-0.4, -0.2) is 28.9 Å². The molecule has 4 heteroatoms. The van der Waals surface area contributed by atoms with Crippen molar-refractivity contribution in [2.45, 2.75) is 25.9 Å². The van der Waals surface area contributed by atoms with Gasteiger partial charge < -0.3 is 9.64 Å². The van der Waals surface area contributed by atoms with E-state index in [-0.39, 0.29) is 5.91 Å². The van der Waals surface area contributed by atoms with E-state index in [9.17, 15) is 4.79 Å². The highest BCUT2D eigenvalue weighted by Gasteiger charge is 2.31. The Kier molecular flexibility index (Phi) is 3.74. The SMILES string of the molecule is O=C1c2cc(OCc3ccccc3)cnc2CCN1CC1CC1. The molecule has 2 aliphatic rings. The highest BCUT2D eigenvalue weighted by molar-refractivity contribution is 5.96. The molecule has 4 nitrogen and oxygen atoms in total. The van der Waals surface area contributed by atoms with E-state index in [1.165, 1.54) is 12.8 Å². The quantitative estimate of drug-likeness (QED) is 0.852. The van der Waals surface area contributed by atoms with Crippen molar-refractivity contribution in [3.8, 4) is 5.75 Å². The number of rotatable bonds is 5. The lowest BCUT2D eigenvalue weighted by Crippen LogP contribution is -2.39. The van der Waals surface area contributed by atoms with Crippen LogP contribution in [0.15, 0.2) is 42.6 Å². The molecule has 1 aliphatic carbocycles. The lowest BCUT2D eigenvalue weighted by molar-refractivity contribution is 0.0729. The number of hydrogen-bond donors (Lipinski definition) is 0. The van der Waals surface area contributed by atoms with E-state index >= 15 is 0 Å². The van der Waals surface area contributed by atoms with E-state index in [0.717, 1.165) is 30.8 Å². The van der Waals surface area contributed by atoms with Gasteiger partial charge in [0, 0.05) is 19.5 Å². The average Bonchev–Trinajstić information content (AvgIpc) is 3.41. The summed E-state index contributed by atoms with van der Waals surface area (Å²) in [6, 6.07) is 11.9. The molecule has 0 bridgehead atoms. The molecule has 1 saturated carbocycles. The van der Waals surface area contributed by atoms with Gasteiger partial charge in [0.05, 0.1) is 17.5 Å². The topological polar surface area (TPSA) is 42.4 Å². The number of carbonyl (C=O) groups excluding carboxylic acids is 1. The molecule has 118 valence electrons. The highest BCUT2D eigenvalue weighted by Crippen LogP contribution is 2.31. The second kappa shape index (κ2) is 6.03. The summed E-state index contributed by atoms with van der Waals surface area (Å²) in [7, 11) is 0. The van der Waals surface area contributed by atoms with Gasteiger partial charge in [-0.1, -0.05) is 30.3 Å². The fourth-order valence-electron chi connectivity index (χ4n) is 2.98. The fourth-order valence-corrected chi connectivity index (χ4v) is 2.98. The van der Waals surface area contributed by atoms with E-state index in [2.05, 4.69) is 4.98 Å². The van der Waals surface area contributed by atoms with E-state index in [1.54, 1.807) is 6.20 Å². The Morgan fingerprint density at radius 3 is 2.83 bits per heavy atom. The summed E-state index contributed by atoms with van der Waals surface area (Å²) in [5, 5.41) is 0. The number of amides is 1. The first-order valence-electron chi connectivity index (χ1n) is 8.24. The summed E-state index contributed by atoms with van der Waals surface area (Å²) in [6.07, 6.45) is 5.09. The Bertz CT molecular complexity index is 711. The van der Waals surface area contributed by atoms with E-state index in [4.69, 9.17) is 4.74 Å². The van der Waals surface area contributed by atoms with Gasteiger partial charge in [0.1, 0.15) is 12.4 Å². The molecule has 0 unspecified atom stereocenters. The van der Waals surface area contributed by atoms with Crippen molar-refractivity contribution in [2.75, 3.05) is 13.1 Å². The van der Waals surface area contributed by atoms with Crippen molar-refractivity contribution >= 4 is 5.91 Å². The zero-order valence-electron chi connectivity index (χ0n) is 13.1. The third-order valence-electron chi connectivity index (χ3n) is 4.51. The van der Waals surface area contributed by atoms with Gasteiger partial charge in [0.2, 0.25) is 0 Å². The number of carbonyl (C=O) groups is 1. The first-order chi connectivity index (χ1) is 11.3. The predicted octanol–water partition coefficient (Wildman–Crippen LogP) is 3.07. The van der Waals surface area contributed by atoms with Gasteiger partial charge in [-0.3, -0.25) is 9.78 Å². The second-order valence-corrected chi connectivity index (χ2v) is 6.38. The van der Waals surface area contributed by atoms with Crippen LogP contribution >= 0.6 is 0 Å². The van der Waals surface area contributed by atoms with Crippen molar-refractivity contribution < 1.29 is 9.53 Å². The summed E-state index contributed by atoms with van der Waals surface area (Å²) in [5.74, 6) is 1.48. The maximum Gasteiger partial charge on any atom is 0.255 e. The van der Waals surface area contributed by atoms with Crippen LogP contribution in [0.4, 0.5) is 0 Å². The van der Waals surface area contributed by atoms with Crippen molar-refractivity contribution in [1.29, 1.82) is 0 Å². The molecule has 2 aromatic rings. The Balaban J connectivity index is 1.48. The zero-order chi connectivity index (χ0) is 15.6. The Morgan fingerprint density at radius 1 is 1.22 bits per heavy atom. The lowest BCUT2D eigenvalue weighted by Gasteiger charge is -2.28. The van der Waals surface area contributed by atoms with Crippen LogP contribution in [0, 0.1) is 5.92 Å². The number of pyridine rings is 1. The van der Waals surface area contributed by atoms with Gasteiger partial charge in [-0.05, 0) is 30.4 Å². The molecular formula is C19H20N2O2. The summed E-state index contributed by atoms with van der Waals surface area (Å²) in [5.41, 5.74) is 2.71. The summed E-state index contributed by atoms with van der Waals surface area (Å²) in [4.78, 5) is 19.1. The van der Waals surface area contributed by atoms with Crippen molar-refractivity contribution in [2.24, 2.45) is 5.92 Å². The molecule has 1 fully saturated rings.